The number of rotatable bonds is 3. The smallest absolute Gasteiger partial charge is 0.332 e. The number of carboxylic acid groups (broad SMARTS) is 1. The van der Waals surface area contributed by atoms with E-state index < -0.39 is 30.1 Å². The predicted octanol–water partition coefficient (Wildman–Crippen LogP) is -0.550. The number of carbonyl (C=O) groups is 2. The zero-order chi connectivity index (χ0) is 12.6. The van der Waals surface area contributed by atoms with Gasteiger partial charge in [0.15, 0.2) is 11.8 Å². The van der Waals surface area contributed by atoms with E-state index in [4.69, 9.17) is 15.6 Å². The maximum absolute atomic E-state index is 10.9. The lowest BCUT2D eigenvalue weighted by Gasteiger charge is -2.13. The molecular weight excluding hydrogens is 230 g/mol. The van der Waals surface area contributed by atoms with Crippen LogP contribution in [0.3, 0.4) is 0 Å². The molecule has 0 aliphatic carbocycles. The Morgan fingerprint density at radius 3 is 2.71 bits per heavy atom. The molecule has 1 aliphatic rings. The summed E-state index contributed by atoms with van der Waals surface area (Å²) in [6.45, 7) is 0. The predicted molar refractivity (Wildman–Crippen MR) is 53.2 cm³/mol. The maximum Gasteiger partial charge on any atom is 0.332 e. The monoisotopic (exact) mass is 241 g/mol. The molecule has 2 atom stereocenters. The minimum Gasteiger partial charge on any atom is -0.493 e. The van der Waals surface area contributed by atoms with E-state index in [1.165, 1.54) is 10.9 Å². The third-order valence-corrected chi connectivity index (χ3v) is 2.58. The van der Waals surface area contributed by atoms with Crippen molar-refractivity contribution in [1.82, 2.24) is 9.55 Å². The van der Waals surface area contributed by atoms with Crippen molar-refractivity contribution in [2.24, 2.45) is 5.73 Å². The number of aromatic hydroxyl groups is 1. The minimum absolute atomic E-state index is 0.257. The van der Waals surface area contributed by atoms with Gasteiger partial charge < -0.3 is 20.7 Å². The Morgan fingerprint density at radius 1 is 1.53 bits per heavy atom. The highest BCUT2D eigenvalue weighted by Gasteiger charge is 2.33. The van der Waals surface area contributed by atoms with Crippen LogP contribution in [0.2, 0.25) is 0 Å². The molecule has 0 spiro atoms. The number of nitrogens with two attached hydrogens (primary N) is 1. The SMILES string of the molecule is NC(=O)c1ncn([C@H]2CC[C@@H](C(=O)O)O2)c1O. The molecule has 2 rings (SSSR count). The van der Waals surface area contributed by atoms with E-state index in [9.17, 15) is 14.7 Å². The fourth-order valence-electron chi connectivity index (χ4n) is 1.75. The van der Waals surface area contributed by atoms with Crippen molar-refractivity contribution in [3.63, 3.8) is 0 Å². The van der Waals surface area contributed by atoms with E-state index in [0.29, 0.717) is 12.8 Å². The lowest BCUT2D eigenvalue weighted by molar-refractivity contribution is -0.151. The molecule has 0 bridgehead atoms. The van der Waals surface area contributed by atoms with Gasteiger partial charge in [0.05, 0.1) is 0 Å². The topological polar surface area (TPSA) is 128 Å². The average molecular weight is 241 g/mol. The number of hydrogen-bond donors (Lipinski definition) is 3. The lowest BCUT2D eigenvalue weighted by Crippen LogP contribution is -2.19. The van der Waals surface area contributed by atoms with Crippen molar-refractivity contribution < 1.29 is 24.5 Å². The van der Waals surface area contributed by atoms with Gasteiger partial charge in [0.1, 0.15) is 12.6 Å². The molecule has 1 aromatic rings. The van der Waals surface area contributed by atoms with Gasteiger partial charge in [-0.05, 0) is 12.8 Å². The van der Waals surface area contributed by atoms with Gasteiger partial charge in [0.2, 0.25) is 5.88 Å². The second-order valence-electron chi connectivity index (χ2n) is 3.68. The summed E-state index contributed by atoms with van der Waals surface area (Å²) in [5, 5.41) is 18.4. The summed E-state index contributed by atoms with van der Waals surface area (Å²) in [6.07, 6.45) is 0.406. The molecular formula is C9H11N3O5. The normalized spacial score (nSPS) is 23.8. The van der Waals surface area contributed by atoms with Crippen LogP contribution in [0, 0.1) is 0 Å². The van der Waals surface area contributed by atoms with E-state index in [1.807, 2.05) is 0 Å². The van der Waals surface area contributed by atoms with Gasteiger partial charge in [-0.2, -0.15) is 0 Å². The summed E-state index contributed by atoms with van der Waals surface area (Å²) < 4.78 is 6.39. The maximum atomic E-state index is 10.9. The zero-order valence-corrected chi connectivity index (χ0v) is 8.74. The number of primary amides is 1. The van der Waals surface area contributed by atoms with Gasteiger partial charge in [-0.25, -0.2) is 9.78 Å². The van der Waals surface area contributed by atoms with Gasteiger partial charge in [-0.3, -0.25) is 9.36 Å². The first kappa shape index (κ1) is 11.4. The van der Waals surface area contributed by atoms with Crippen LogP contribution in [0.5, 0.6) is 5.88 Å². The van der Waals surface area contributed by atoms with Crippen molar-refractivity contribution in [3.05, 3.63) is 12.0 Å². The van der Waals surface area contributed by atoms with Crippen LogP contribution in [0.15, 0.2) is 6.33 Å². The largest absolute Gasteiger partial charge is 0.493 e. The first-order chi connectivity index (χ1) is 8.00. The van der Waals surface area contributed by atoms with Crippen LogP contribution in [-0.4, -0.2) is 37.7 Å². The third-order valence-electron chi connectivity index (χ3n) is 2.58. The Bertz CT molecular complexity index is 469. The molecule has 0 unspecified atom stereocenters. The number of carboxylic acids is 1. The minimum atomic E-state index is -1.05. The molecule has 8 heteroatoms. The number of hydrogen-bond acceptors (Lipinski definition) is 5. The summed E-state index contributed by atoms with van der Waals surface area (Å²) in [7, 11) is 0. The number of ether oxygens (including phenoxy) is 1. The summed E-state index contributed by atoms with van der Waals surface area (Å²) in [6, 6.07) is 0. The Labute approximate surface area is 95.6 Å². The van der Waals surface area contributed by atoms with E-state index in [1.54, 1.807) is 0 Å². The molecule has 17 heavy (non-hydrogen) atoms. The molecule has 92 valence electrons. The van der Waals surface area contributed by atoms with E-state index in [-0.39, 0.29) is 5.69 Å². The van der Waals surface area contributed by atoms with Crippen molar-refractivity contribution in [2.75, 3.05) is 0 Å². The highest BCUT2D eigenvalue weighted by Crippen LogP contribution is 2.32. The second kappa shape index (κ2) is 4.06. The average Bonchev–Trinajstić information content (AvgIpc) is 2.82. The van der Waals surface area contributed by atoms with Crippen LogP contribution in [0.25, 0.3) is 0 Å². The summed E-state index contributed by atoms with van der Waals surface area (Å²) in [4.78, 5) is 25.2. The van der Waals surface area contributed by atoms with Gasteiger partial charge in [0.25, 0.3) is 5.91 Å². The molecule has 1 fully saturated rings. The van der Waals surface area contributed by atoms with E-state index in [0.717, 1.165) is 0 Å². The molecule has 1 aromatic heterocycles. The van der Waals surface area contributed by atoms with Gasteiger partial charge in [-0.1, -0.05) is 0 Å². The number of imidazole rings is 1. The fourth-order valence-corrected chi connectivity index (χ4v) is 1.75. The number of aliphatic carboxylic acids is 1. The van der Waals surface area contributed by atoms with Crippen molar-refractivity contribution >= 4 is 11.9 Å². The van der Waals surface area contributed by atoms with E-state index in [2.05, 4.69) is 4.98 Å². The first-order valence-corrected chi connectivity index (χ1v) is 4.94. The number of nitrogens with zero attached hydrogens (tertiary/aromatic N) is 2. The molecule has 0 saturated carbocycles. The summed E-state index contributed by atoms with van der Waals surface area (Å²) >= 11 is 0. The highest BCUT2D eigenvalue weighted by molar-refractivity contribution is 5.93. The Hall–Kier alpha value is -2.09. The zero-order valence-electron chi connectivity index (χ0n) is 8.74. The Kier molecular flexibility index (Phi) is 2.72. The fraction of sp³-hybridized carbons (Fsp3) is 0.444. The van der Waals surface area contributed by atoms with Crippen molar-refractivity contribution in [1.29, 1.82) is 0 Å². The Morgan fingerprint density at radius 2 is 2.24 bits per heavy atom. The molecule has 1 saturated heterocycles. The standard InChI is InChI=1S/C9H11N3O5/c10-7(13)6-8(14)12(3-11-6)5-2-1-4(17-5)9(15)16/h3-5,14H,1-2H2,(H2,10,13)(H,15,16)/t4-,5+/m0/s1. The lowest BCUT2D eigenvalue weighted by atomic mass is 10.2. The van der Waals surface area contributed by atoms with Gasteiger partial charge in [-0.15, -0.1) is 0 Å². The molecule has 1 aliphatic heterocycles. The number of amides is 1. The van der Waals surface area contributed by atoms with Crippen LogP contribution in [0.1, 0.15) is 29.6 Å². The van der Waals surface area contributed by atoms with Crippen LogP contribution in [-0.2, 0) is 9.53 Å². The van der Waals surface area contributed by atoms with Crippen LogP contribution < -0.4 is 5.73 Å². The third kappa shape index (κ3) is 1.94. The van der Waals surface area contributed by atoms with E-state index >= 15 is 0 Å². The summed E-state index contributed by atoms with van der Waals surface area (Å²) in [5.41, 5.74) is 4.74. The molecule has 2 heterocycles. The number of aromatic nitrogens is 2. The molecule has 8 nitrogen and oxygen atoms in total. The van der Waals surface area contributed by atoms with Gasteiger partial charge in [0, 0.05) is 0 Å². The molecule has 0 aromatic carbocycles. The number of carbonyl (C=O) groups excluding carboxylic acids is 1. The first-order valence-electron chi connectivity index (χ1n) is 4.94. The second-order valence-corrected chi connectivity index (χ2v) is 3.68. The summed E-state index contributed by atoms with van der Waals surface area (Å²) in [5.74, 6) is -2.31. The Balaban J connectivity index is 2.19. The van der Waals surface area contributed by atoms with Crippen molar-refractivity contribution in [2.45, 2.75) is 25.2 Å². The quantitative estimate of drug-likeness (QED) is 0.651. The molecule has 1 amide bonds. The highest BCUT2D eigenvalue weighted by atomic mass is 16.5. The molecule has 4 N–H and O–H groups in total. The van der Waals surface area contributed by atoms with Crippen molar-refractivity contribution in [3.8, 4) is 5.88 Å². The van der Waals surface area contributed by atoms with Gasteiger partial charge >= 0.3 is 5.97 Å². The molecule has 0 radical (unpaired) electrons. The van der Waals surface area contributed by atoms with Crippen LogP contribution >= 0.6 is 0 Å². The van der Waals surface area contributed by atoms with Crippen LogP contribution in [0.4, 0.5) is 0 Å².